The standard InChI is InChI=1S/C21H24N4OS/c1-3-8-19-17(6-1)21(22-26-19)24-14-12-23(13-15-24)10-5-11-25-16-27-20-9-4-2-7-18(20)25/h1-4,6-9H,5,10-16H2. The van der Waals surface area contributed by atoms with E-state index in [0.717, 1.165) is 61.9 Å². The molecule has 0 N–H and O–H groups in total. The van der Waals surface area contributed by atoms with E-state index >= 15 is 0 Å². The predicted molar refractivity (Wildman–Crippen MR) is 112 cm³/mol. The smallest absolute Gasteiger partial charge is 0.180 e. The van der Waals surface area contributed by atoms with Gasteiger partial charge in [-0.15, -0.1) is 11.8 Å². The average molecular weight is 381 g/mol. The number of hydrogen-bond donors (Lipinski definition) is 0. The van der Waals surface area contributed by atoms with Crippen LogP contribution in [-0.4, -0.2) is 55.2 Å². The zero-order chi connectivity index (χ0) is 18.1. The van der Waals surface area contributed by atoms with Gasteiger partial charge in [-0.1, -0.05) is 29.4 Å². The summed E-state index contributed by atoms with van der Waals surface area (Å²) in [5.74, 6) is 2.09. The largest absolute Gasteiger partial charge is 0.361 e. The van der Waals surface area contributed by atoms with Crippen LogP contribution in [0.5, 0.6) is 0 Å². The molecule has 0 amide bonds. The first-order valence-electron chi connectivity index (χ1n) is 9.67. The first kappa shape index (κ1) is 17.0. The summed E-state index contributed by atoms with van der Waals surface area (Å²) in [6.07, 6.45) is 1.21. The van der Waals surface area contributed by atoms with Crippen molar-refractivity contribution < 1.29 is 4.52 Å². The van der Waals surface area contributed by atoms with Crippen LogP contribution >= 0.6 is 11.8 Å². The van der Waals surface area contributed by atoms with Crippen LogP contribution < -0.4 is 9.80 Å². The van der Waals surface area contributed by atoms with Crippen LogP contribution in [0.3, 0.4) is 0 Å². The van der Waals surface area contributed by atoms with Crippen molar-refractivity contribution in [2.24, 2.45) is 0 Å². The Kier molecular flexibility index (Phi) is 4.67. The van der Waals surface area contributed by atoms with Gasteiger partial charge >= 0.3 is 0 Å². The van der Waals surface area contributed by atoms with Crippen molar-refractivity contribution in [1.82, 2.24) is 10.1 Å². The summed E-state index contributed by atoms with van der Waals surface area (Å²) < 4.78 is 5.47. The molecule has 3 aromatic rings. The third-order valence-corrected chi connectivity index (χ3v) is 6.61. The number of aromatic nitrogens is 1. The normalized spacial score (nSPS) is 17.6. The SMILES string of the molecule is c1ccc2c(c1)SCN2CCCN1CCN(c2noc3ccccc23)CC1. The Morgan fingerprint density at radius 3 is 2.67 bits per heavy atom. The Hall–Kier alpha value is -2.18. The highest BCUT2D eigenvalue weighted by Crippen LogP contribution is 2.37. The second-order valence-electron chi connectivity index (χ2n) is 7.19. The minimum absolute atomic E-state index is 0.874. The zero-order valence-electron chi connectivity index (χ0n) is 15.4. The monoisotopic (exact) mass is 380 g/mol. The molecule has 2 aliphatic heterocycles. The Balaban J connectivity index is 1.12. The molecule has 0 radical (unpaired) electrons. The van der Waals surface area contributed by atoms with Gasteiger partial charge in [0.05, 0.1) is 17.0 Å². The van der Waals surface area contributed by atoms with Gasteiger partial charge in [0.2, 0.25) is 0 Å². The molecule has 5 rings (SSSR count). The first-order chi connectivity index (χ1) is 13.4. The van der Waals surface area contributed by atoms with Crippen LogP contribution in [0.25, 0.3) is 11.0 Å². The summed E-state index contributed by atoms with van der Waals surface area (Å²) in [5, 5.41) is 5.42. The number of piperazine rings is 1. The molecular weight excluding hydrogens is 356 g/mol. The van der Waals surface area contributed by atoms with E-state index in [2.05, 4.69) is 50.2 Å². The maximum absolute atomic E-state index is 5.47. The number of fused-ring (bicyclic) bond motifs is 2. The molecule has 1 saturated heterocycles. The Morgan fingerprint density at radius 1 is 0.926 bits per heavy atom. The van der Waals surface area contributed by atoms with Gasteiger partial charge in [0, 0.05) is 37.6 Å². The lowest BCUT2D eigenvalue weighted by Gasteiger charge is -2.35. The van der Waals surface area contributed by atoms with Gasteiger partial charge in [-0.3, -0.25) is 4.90 Å². The quantitative estimate of drug-likeness (QED) is 0.668. The molecular formula is C21H24N4OS. The van der Waals surface area contributed by atoms with E-state index in [1.807, 2.05) is 30.0 Å². The molecule has 0 unspecified atom stereocenters. The first-order valence-corrected chi connectivity index (χ1v) is 10.7. The van der Waals surface area contributed by atoms with Crippen LogP contribution in [-0.2, 0) is 0 Å². The van der Waals surface area contributed by atoms with E-state index in [4.69, 9.17) is 4.52 Å². The molecule has 2 aromatic carbocycles. The van der Waals surface area contributed by atoms with Gasteiger partial charge in [0.1, 0.15) is 0 Å². The van der Waals surface area contributed by atoms with Crippen LogP contribution in [0.15, 0.2) is 57.9 Å². The van der Waals surface area contributed by atoms with Crippen molar-refractivity contribution in [3.8, 4) is 0 Å². The average Bonchev–Trinajstić information content (AvgIpc) is 3.33. The highest BCUT2D eigenvalue weighted by Gasteiger charge is 2.22. The highest BCUT2D eigenvalue weighted by atomic mass is 32.2. The lowest BCUT2D eigenvalue weighted by atomic mass is 10.2. The molecule has 1 fully saturated rings. The zero-order valence-corrected chi connectivity index (χ0v) is 16.2. The molecule has 0 saturated carbocycles. The van der Waals surface area contributed by atoms with Crippen molar-refractivity contribution in [2.45, 2.75) is 11.3 Å². The molecule has 0 spiro atoms. The van der Waals surface area contributed by atoms with Crippen molar-refractivity contribution >= 4 is 34.2 Å². The number of thioether (sulfide) groups is 1. The van der Waals surface area contributed by atoms with E-state index in [9.17, 15) is 0 Å². The second-order valence-corrected chi connectivity index (χ2v) is 8.18. The van der Waals surface area contributed by atoms with Crippen molar-refractivity contribution in [1.29, 1.82) is 0 Å². The lowest BCUT2D eigenvalue weighted by molar-refractivity contribution is 0.254. The Morgan fingerprint density at radius 2 is 1.74 bits per heavy atom. The minimum Gasteiger partial charge on any atom is -0.361 e. The van der Waals surface area contributed by atoms with Crippen LogP contribution in [0.2, 0.25) is 0 Å². The maximum atomic E-state index is 5.47. The lowest BCUT2D eigenvalue weighted by Crippen LogP contribution is -2.47. The van der Waals surface area contributed by atoms with E-state index in [-0.39, 0.29) is 0 Å². The van der Waals surface area contributed by atoms with Crippen molar-refractivity contribution in [3.05, 3.63) is 48.5 Å². The minimum atomic E-state index is 0.874. The van der Waals surface area contributed by atoms with Crippen LogP contribution in [0.1, 0.15) is 6.42 Å². The van der Waals surface area contributed by atoms with Gasteiger partial charge in [-0.25, -0.2) is 0 Å². The summed E-state index contributed by atoms with van der Waals surface area (Å²) in [4.78, 5) is 8.87. The number of nitrogens with zero attached hydrogens (tertiary/aromatic N) is 4. The van der Waals surface area contributed by atoms with E-state index in [0.29, 0.717) is 0 Å². The number of para-hydroxylation sites is 2. The molecule has 6 heteroatoms. The van der Waals surface area contributed by atoms with Crippen LogP contribution in [0, 0.1) is 0 Å². The maximum Gasteiger partial charge on any atom is 0.180 e. The topological polar surface area (TPSA) is 35.8 Å². The molecule has 0 atom stereocenters. The summed E-state index contributed by atoms with van der Waals surface area (Å²) in [6.45, 7) is 6.51. The Labute approximate surface area is 163 Å². The summed E-state index contributed by atoms with van der Waals surface area (Å²) in [5.41, 5.74) is 2.28. The number of rotatable bonds is 5. The summed E-state index contributed by atoms with van der Waals surface area (Å²) in [7, 11) is 0. The molecule has 0 bridgehead atoms. The summed E-state index contributed by atoms with van der Waals surface area (Å²) in [6, 6.07) is 16.9. The molecule has 27 heavy (non-hydrogen) atoms. The number of hydrogen-bond acceptors (Lipinski definition) is 6. The molecule has 3 heterocycles. The fraction of sp³-hybridized carbons (Fsp3) is 0.381. The third kappa shape index (κ3) is 3.39. The fourth-order valence-corrected chi connectivity index (χ4v) is 5.09. The van der Waals surface area contributed by atoms with Gasteiger partial charge in [-0.2, -0.15) is 0 Å². The highest BCUT2D eigenvalue weighted by molar-refractivity contribution is 7.99. The van der Waals surface area contributed by atoms with E-state index in [1.165, 1.54) is 17.0 Å². The van der Waals surface area contributed by atoms with Gasteiger partial charge in [0.15, 0.2) is 11.4 Å². The molecule has 5 nitrogen and oxygen atoms in total. The van der Waals surface area contributed by atoms with Crippen molar-refractivity contribution in [3.63, 3.8) is 0 Å². The predicted octanol–water partition coefficient (Wildman–Crippen LogP) is 3.91. The second kappa shape index (κ2) is 7.44. The summed E-state index contributed by atoms with van der Waals surface area (Å²) >= 11 is 1.95. The van der Waals surface area contributed by atoms with E-state index in [1.54, 1.807) is 0 Å². The Bertz CT molecular complexity index is 919. The fourth-order valence-electron chi connectivity index (χ4n) is 4.01. The molecule has 140 valence electrons. The third-order valence-electron chi connectivity index (χ3n) is 5.51. The van der Waals surface area contributed by atoms with Gasteiger partial charge in [-0.05, 0) is 37.2 Å². The van der Waals surface area contributed by atoms with Gasteiger partial charge < -0.3 is 14.3 Å². The van der Waals surface area contributed by atoms with Crippen molar-refractivity contribution in [2.75, 3.05) is 54.9 Å². The number of benzene rings is 2. The number of anilines is 2. The molecule has 2 aliphatic rings. The van der Waals surface area contributed by atoms with E-state index < -0.39 is 0 Å². The van der Waals surface area contributed by atoms with Gasteiger partial charge in [0.25, 0.3) is 0 Å². The van der Waals surface area contributed by atoms with Crippen LogP contribution in [0.4, 0.5) is 11.5 Å². The molecule has 1 aromatic heterocycles. The molecule has 0 aliphatic carbocycles.